The summed E-state index contributed by atoms with van der Waals surface area (Å²) in [4.78, 5) is 12.1. The Hall–Kier alpha value is -2.67. The van der Waals surface area contributed by atoms with Crippen LogP contribution in [0.15, 0.2) is 57.4 Å². The fourth-order valence-electron chi connectivity index (χ4n) is 1.89. The lowest BCUT2D eigenvalue weighted by Gasteiger charge is -2.01. The monoisotopic (exact) mass is 373 g/mol. The third-order valence-corrected chi connectivity index (χ3v) is 3.62. The highest BCUT2D eigenvalue weighted by Crippen LogP contribution is 2.22. The highest BCUT2D eigenvalue weighted by atomic mass is 79.9. The van der Waals surface area contributed by atoms with E-state index in [2.05, 4.69) is 31.4 Å². The van der Waals surface area contributed by atoms with Crippen molar-refractivity contribution in [3.8, 4) is 17.2 Å². The Morgan fingerprint density at radius 1 is 1.09 bits per heavy atom. The van der Waals surface area contributed by atoms with Gasteiger partial charge in [0.2, 0.25) is 5.89 Å². The van der Waals surface area contributed by atoms with Gasteiger partial charge in [-0.15, -0.1) is 5.10 Å². The number of anilines is 1. The van der Waals surface area contributed by atoms with Gasteiger partial charge < -0.3 is 9.15 Å². The summed E-state index contributed by atoms with van der Waals surface area (Å²) in [7, 11) is 1.59. The standard InChI is InChI=1S/C16H12BrN3O3/c1-22-13-8-4-11(5-9-13)15-19-20-16(23-15)18-14(21)10-2-6-12(17)7-3-10/h2-9H,1H3,(H,18,20,21). The normalized spacial score (nSPS) is 10.3. The average molecular weight is 374 g/mol. The van der Waals surface area contributed by atoms with E-state index in [0.717, 1.165) is 15.8 Å². The Bertz CT molecular complexity index is 813. The van der Waals surface area contributed by atoms with Crippen molar-refractivity contribution in [3.05, 3.63) is 58.6 Å². The minimum Gasteiger partial charge on any atom is -0.497 e. The van der Waals surface area contributed by atoms with Crippen molar-refractivity contribution < 1.29 is 13.9 Å². The van der Waals surface area contributed by atoms with Gasteiger partial charge in [-0.2, -0.15) is 0 Å². The second-order valence-electron chi connectivity index (χ2n) is 4.60. The Morgan fingerprint density at radius 3 is 2.43 bits per heavy atom. The zero-order valence-corrected chi connectivity index (χ0v) is 13.7. The first-order valence-corrected chi connectivity index (χ1v) is 7.50. The molecule has 7 heteroatoms. The van der Waals surface area contributed by atoms with Gasteiger partial charge >= 0.3 is 6.01 Å². The van der Waals surface area contributed by atoms with Gasteiger partial charge in [0.25, 0.3) is 5.91 Å². The molecule has 0 aliphatic heterocycles. The van der Waals surface area contributed by atoms with Crippen LogP contribution in [0.25, 0.3) is 11.5 Å². The van der Waals surface area contributed by atoms with Crippen molar-refractivity contribution in [1.82, 2.24) is 10.2 Å². The van der Waals surface area contributed by atoms with Crippen LogP contribution < -0.4 is 10.1 Å². The van der Waals surface area contributed by atoms with Crippen LogP contribution in [0.3, 0.4) is 0 Å². The van der Waals surface area contributed by atoms with Crippen LogP contribution in [0.4, 0.5) is 6.01 Å². The van der Waals surface area contributed by atoms with Crippen molar-refractivity contribution >= 4 is 27.9 Å². The minimum atomic E-state index is -0.317. The number of amides is 1. The SMILES string of the molecule is COc1ccc(-c2nnc(NC(=O)c3ccc(Br)cc3)o2)cc1. The van der Waals surface area contributed by atoms with Crippen LogP contribution in [-0.2, 0) is 0 Å². The summed E-state index contributed by atoms with van der Waals surface area (Å²) in [5.74, 6) is 0.734. The predicted molar refractivity (Wildman–Crippen MR) is 88.4 cm³/mol. The average Bonchev–Trinajstić information content (AvgIpc) is 3.04. The van der Waals surface area contributed by atoms with Crippen molar-refractivity contribution in [3.63, 3.8) is 0 Å². The number of nitrogens with one attached hydrogen (secondary N) is 1. The van der Waals surface area contributed by atoms with E-state index in [-0.39, 0.29) is 11.9 Å². The van der Waals surface area contributed by atoms with E-state index in [1.54, 1.807) is 55.6 Å². The first kappa shape index (κ1) is 15.2. The van der Waals surface area contributed by atoms with Gasteiger partial charge in [-0.1, -0.05) is 21.0 Å². The highest BCUT2D eigenvalue weighted by molar-refractivity contribution is 9.10. The molecule has 1 aromatic heterocycles. The molecule has 23 heavy (non-hydrogen) atoms. The van der Waals surface area contributed by atoms with Crippen LogP contribution >= 0.6 is 15.9 Å². The van der Waals surface area contributed by atoms with Gasteiger partial charge in [0.15, 0.2) is 0 Å². The second kappa shape index (κ2) is 6.62. The first-order chi connectivity index (χ1) is 11.2. The second-order valence-corrected chi connectivity index (χ2v) is 5.52. The molecule has 0 aliphatic rings. The lowest BCUT2D eigenvalue weighted by atomic mass is 10.2. The quantitative estimate of drug-likeness (QED) is 0.753. The number of benzene rings is 2. The molecule has 0 fully saturated rings. The van der Waals surface area contributed by atoms with E-state index in [1.807, 2.05) is 0 Å². The number of hydrogen-bond acceptors (Lipinski definition) is 5. The molecule has 0 radical (unpaired) electrons. The molecule has 0 spiro atoms. The maximum atomic E-state index is 12.1. The fourth-order valence-corrected chi connectivity index (χ4v) is 2.16. The molecule has 0 saturated heterocycles. The maximum Gasteiger partial charge on any atom is 0.322 e. The molecule has 116 valence electrons. The minimum absolute atomic E-state index is 0.0451. The zero-order valence-electron chi connectivity index (χ0n) is 12.1. The van der Waals surface area contributed by atoms with E-state index >= 15 is 0 Å². The number of aromatic nitrogens is 2. The predicted octanol–water partition coefficient (Wildman–Crippen LogP) is 3.76. The number of hydrogen-bond donors (Lipinski definition) is 1. The van der Waals surface area contributed by atoms with E-state index in [4.69, 9.17) is 9.15 Å². The number of rotatable bonds is 4. The summed E-state index contributed by atoms with van der Waals surface area (Å²) in [6.45, 7) is 0. The molecular formula is C16H12BrN3O3. The Morgan fingerprint density at radius 2 is 1.78 bits per heavy atom. The van der Waals surface area contributed by atoms with Gasteiger partial charge in [0.05, 0.1) is 7.11 Å². The van der Waals surface area contributed by atoms with Gasteiger partial charge in [-0.3, -0.25) is 10.1 Å². The smallest absolute Gasteiger partial charge is 0.322 e. The Balaban J connectivity index is 1.73. The molecule has 0 saturated carbocycles. The molecule has 0 aliphatic carbocycles. The number of carbonyl (C=O) groups is 1. The molecular weight excluding hydrogens is 362 g/mol. The molecule has 3 rings (SSSR count). The lowest BCUT2D eigenvalue weighted by Crippen LogP contribution is -2.11. The lowest BCUT2D eigenvalue weighted by molar-refractivity contribution is 0.102. The molecule has 0 bridgehead atoms. The molecule has 2 aromatic carbocycles. The topological polar surface area (TPSA) is 77.3 Å². The van der Waals surface area contributed by atoms with Crippen molar-refractivity contribution in [2.45, 2.75) is 0 Å². The zero-order chi connectivity index (χ0) is 16.2. The van der Waals surface area contributed by atoms with Crippen LogP contribution in [0.1, 0.15) is 10.4 Å². The van der Waals surface area contributed by atoms with Gasteiger partial charge in [0.1, 0.15) is 5.75 Å². The van der Waals surface area contributed by atoms with Gasteiger partial charge in [-0.25, -0.2) is 0 Å². The highest BCUT2D eigenvalue weighted by Gasteiger charge is 2.12. The third-order valence-electron chi connectivity index (χ3n) is 3.09. The maximum absolute atomic E-state index is 12.1. The largest absolute Gasteiger partial charge is 0.497 e. The van der Waals surface area contributed by atoms with Crippen molar-refractivity contribution in [2.24, 2.45) is 0 Å². The van der Waals surface area contributed by atoms with E-state index in [9.17, 15) is 4.79 Å². The molecule has 6 nitrogen and oxygen atoms in total. The third kappa shape index (κ3) is 3.57. The number of halogens is 1. The van der Waals surface area contributed by atoms with Crippen LogP contribution in [0.5, 0.6) is 5.75 Å². The molecule has 1 heterocycles. The molecule has 0 atom stereocenters. The van der Waals surface area contributed by atoms with Crippen LogP contribution in [0.2, 0.25) is 0 Å². The fraction of sp³-hybridized carbons (Fsp3) is 0.0625. The van der Waals surface area contributed by atoms with Crippen molar-refractivity contribution in [1.29, 1.82) is 0 Å². The summed E-state index contributed by atoms with van der Waals surface area (Å²) in [6, 6.07) is 14.2. The Labute approximate surface area is 140 Å². The molecule has 3 aromatic rings. The summed E-state index contributed by atoms with van der Waals surface area (Å²) in [5, 5.41) is 10.3. The van der Waals surface area contributed by atoms with Crippen LogP contribution in [0, 0.1) is 0 Å². The van der Waals surface area contributed by atoms with Gasteiger partial charge in [-0.05, 0) is 48.5 Å². The van der Waals surface area contributed by atoms with Crippen molar-refractivity contribution in [2.75, 3.05) is 12.4 Å². The molecule has 1 N–H and O–H groups in total. The number of methoxy groups -OCH3 is 1. The van der Waals surface area contributed by atoms with Gasteiger partial charge in [0, 0.05) is 15.6 Å². The summed E-state index contributed by atoms with van der Waals surface area (Å²) in [6.07, 6.45) is 0. The first-order valence-electron chi connectivity index (χ1n) is 6.70. The number of carbonyl (C=O) groups excluding carboxylic acids is 1. The summed E-state index contributed by atoms with van der Waals surface area (Å²) >= 11 is 3.32. The summed E-state index contributed by atoms with van der Waals surface area (Å²) in [5.41, 5.74) is 1.24. The van der Waals surface area contributed by atoms with E-state index < -0.39 is 0 Å². The van der Waals surface area contributed by atoms with E-state index in [0.29, 0.717) is 11.5 Å². The number of nitrogens with zero attached hydrogens (tertiary/aromatic N) is 2. The van der Waals surface area contributed by atoms with Crippen LogP contribution in [-0.4, -0.2) is 23.2 Å². The molecule has 0 unspecified atom stereocenters. The number of ether oxygens (including phenoxy) is 1. The Kier molecular flexibility index (Phi) is 4.38. The summed E-state index contributed by atoms with van der Waals surface area (Å²) < 4.78 is 11.4. The molecule has 1 amide bonds. The van der Waals surface area contributed by atoms with E-state index in [1.165, 1.54) is 0 Å².